The quantitative estimate of drug-likeness (QED) is 0.899. The van der Waals surface area contributed by atoms with E-state index in [0.29, 0.717) is 0 Å². The maximum Gasteiger partial charge on any atom is 0.319 e. The average molecular weight is 339 g/mol. The number of benzene rings is 1. The van der Waals surface area contributed by atoms with Crippen LogP contribution in [0.25, 0.3) is 0 Å². The summed E-state index contributed by atoms with van der Waals surface area (Å²) in [5.74, 6) is 1.04. The summed E-state index contributed by atoms with van der Waals surface area (Å²) in [7, 11) is 0. The Bertz CT molecular complexity index is 679. The van der Waals surface area contributed by atoms with E-state index in [0.717, 1.165) is 37.7 Å². The Balaban J connectivity index is 1.54. The van der Waals surface area contributed by atoms with E-state index in [9.17, 15) is 4.79 Å². The van der Waals surface area contributed by atoms with Crippen LogP contribution in [-0.2, 0) is 0 Å². The highest BCUT2D eigenvalue weighted by Gasteiger charge is 2.18. The molecule has 1 saturated heterocycles. The molecular formula is C19H25N5O. The predicted molar refractivity (Wildman–Crippen MR) is 102 cm³/mol. The van der Waals surface area contributed by atoms with Crippen molar-refractivity contribution in [3.63, 3.8) is 0 Å². The fraction of sp³-hybridized carbons (Fsp3) is 0.368. The van der Waals surface area contributed by atoms with Crippen LogP contribution in [0.3, 0.4) is 0 Å². The standard InChI is InChI=1S/C19H25N5O/c1-15(2)21-19(25)22-16-6-8-17(9-7-16)23-11-13-24(14-12-23)18-5-3-4-10-20-18/h3-10,15H,11-14H2,1-2H3,(H2,21,22,25). The molecule has 2 amide bonds. The first-order valence-electron chi connectivity index (χ1n) is 8.70. The lowest BCUT2D eigenvalue weighted by Crippen LogP contribution is -2.46. The van der Waals surface area contributed by atoms with Crippen molar-refractivity contribution in [1.29, 1.82) is 0 Å². The van der Waals surface area contributed by atoms with Crippen LogP contribution in [-0.4, -0.2) is 43.2 Å². The number of hydrogen-bond donors (Lipinski definition) is 2. The monoisotopic (exact) mass is 339 g/mol. The van der Waals surface area contributed by atoms with Crippen molar-refractivity contribution in [2.75, 3.05) is 41.3 Å². The Labute approximate surface area is 148 Å². The number of piperazine rings is 1. The van der Waals surface area contributed by atoms with Crippen LogP contribution in [0.2, 0.25) is 0 Å². The van der Waals surface area contributed by atoms with Crippen LogP contribution in [0.5, 0.6) is 0 Å². The molecule has 25 heavy (non-hydrogen) atoms. The minimum atomic E-state index is -0.174. The normalized spacial score (nSPS) is 14.5. The fourth-order valence-electron chi connectivity index (χ4n) is 2.92. The van der Waals surface area contributed by atoms with Gasteiger partial charge in [-0.25, -0.2) is 9.78 Å². The van der Waals surface area contributed by atoms with E-state index in [2.05, 4.69) is 43.6 Å². The zero-order valence-corrected chi connectivity index (χ0v) is 14.8. The molecule has 1 fully saturated rings. The number of carbonyl (C=O) groups excluding carboxylic acids is 1. The van der Waals surface area contributed by atoms with Crippen LogP contribution >= 0.6 is 0 Å². The lowest BCUT2D eigenvalue weighted by molar-refractivity contribution is 0.250. The van der Waals surface area contributed by atoms with Gasteiger partial charge in [-0.1, -0.05) is 6.07 Å². The highest BCUT2D eigenvalue weighted by atomic mass is 16.2. The van der Waals surface area contributed by atoms with Gasteiger partial charge >= 0.3 is 6.03 Å². The zero-order valence-electron chi connectivity index (χ0n) is 14.8. The molecule has 0 atom stereocenters. The number of nitrogens with one attached hydrogen (secondary N) is 2. The molecule has 132 valence electrons. The van der Waals surface area contributed by atoms with Gasteiger partial charge in [-0.15, -0.1) is 0 Å². The Morgan fingerprint density at radius 2 is 1.68 bits per heavy atom. The summed E-state index contributed by atoms with van der Waals surface area (Å²) in [6, 6.07) is 14.0. The van der Waals surface area contributed by atoms with Crippen LogP contribution in [0.1, 0.15) is 13.8 Å². The number of rotatable bonds is 4. The summed E-state index contributed by atoms with van der Waals surface area (Å²) < 4.78 is 0. The van der Waals surface area contributed by atoms with Crippen LogP contribution in [0.4, 0.5) is 22.0 Å². The first-order chi connectivity index (χ1) is 12.1. The number of amides is 2. The Morgan fingerprint density at radius 1 is 1.00 bits per heavy atom. The maximum atomic E-state index is 11.7. The van der Waals surface area contributed by atoms with Crippen molar-refractivity contribution in [1.82, 2.24) is 10.3 Å². The zero-order chi connectivity index (χ0) is 17.6. The molecule has 0 radical (unpaired) electrons. The number of nitrogens with zero attached hydrogens (tertiary/aromatic N) is 3. The van der Waals surface area contributed by atoms with Gasteiger partial charge in [-0.2, -0.15) is 0 Å². The van der Waals surface area contributed by atoms with E-state index in [1.54, 1.807) is 0 Å². The molecule has 2 aromatic rings. The number of carbonyl (C=O) groups is 1. The molecule has 1 aliphatic heterocycles. The molecule has 0 bridgehead atoms. The summed E-state index contributed by atoms with van der Waals surface area (Å²) in [5, 5.41) is 5.66. The van der Waals surface area contributed by atoms with Gasteiger partial charge < -0.3 is 20.4 Å². The van der Waals surface area contributed by atoms with Gasteiger partial charge in [0.05, 0.1) is 0 Å². The van der Waals surface area contributed by atoms with Gasteiger partial charge in [0.1, 0.15) is 5.82 Å². The molecule has 6 heteroatoms. The van der Waals surface area contributed by atoms with Gasteiger partial charge in [0.15, 0.2) is 0 Å². The fourth-order valence-corrected chi connectivity index (χ4v) is 2.92. The van der Waals surface area contributed by atoms with Gasteiger partial charge in [0.25, 0.3) is 0 Å². The highest BCUT2D eigenvalue weighted by Crippen LogP contribution is 2.21. The van der Waals surface area contributed by atoms with Crippen molar-refractivity contribution in [2.24, 2.45) is 0 Å². The van der Waals surface area contributed by atoms with Gasteiger partial charge in [-0.3, -0.25) is 0 Å². The molecule has 3 rings (SSSR count). The second-order valence-electron chi connectivity index (χ2n) is 6.46. The SMILES string of the molecule is CC(C)NC(=O)Nc1ccc(N2CCN(c3ccccn3)CC2)cc1. The van der Waals surface area contributed by atoms with Crippen LogP contribution in [0, 0.1) is 0 Å². The van der Waals surface area contributed by atoms with E-state index in [4.69, 9.17) is 0 Å². The topological polar surface area (TPSA) is 60.5 Å². The van der Waals surface area contributed by atoms with E-state index in [-0.39, 0.29) is 12.1 Å². The average Bonchev–Trinajstić information content (AvgIpc) is 2.62. The van der Waals surface area contributed by atoms with Gasteiger partial charge in [-0.05, 0) is 50.2 Å². The molecule has 6 nitrogen and oxygen atoms in total. The summed E-state index contributed by atoms with van der Waals surface area (Å²) >= 11 is 0. The smallest absolute Gasteiger partial charge is 0.319 e. The second kappa shape index (κ2) is 7.88. The van der Waals surface area contributed by atoms with Crippen LogP contribution < -0.4 is 20.4 Å². The number of hydrogen-bond acceptors (Lipinski definition) is 4. The minimum Gasteiger partial charge on any atom is -0.368 e. The summed E-state index contributed by atoms with van der Waals surface area (Å²) in [5.41, 5.74) is 1.98. The third kappa shape index (κ3) is 4.62. The van der Waals surface area contributed by atoms with Gasteiger partial charge in [0.2, 0.25) is 0 Å². The molecule has 0 unspecified atom stereocenters. The minimum absolute atomic E-state index is 0.120. The number of aromatic nitrogens is 1. The largest absolute Gasteiger partial charge is 0.368 e. The van der Waals surface area contributed by atoms with E-state index in [1.165, 1.54) is 5.69 Å². The molecule has 1 aromatic heterocycles. The number of pyridine rings is 1. The molecule has 2 heterocycles. The molecule has 1 aromatic carbocycles. The lowest BCUT2D eigenvalue weighted by Gasteiger charge is -2.36. The molecule has 0 saturated carbocycles. The first-order valence-corrected chi connectivity index (χ1v) is 8.70. The molecule has 0 spiro atoms. The lowest BCUT2D eigenvalue weighted by atomic mass is 10.2. The second-order valence-corrected chi connectivity index (χ2v) is 6.46. The van der Waals surface area contributed by atoms with Crippen molar-refractivity contribution >= 4 is 23.2 Å². The van der Waals surface area contributed by atoms with E-state index in [1.807, 2.05) is 44.3 Å². The van der Waals surface area contributed by atoms with E-state index < -0.39 is 0 Å². The third-order valence-corrected chi connectivity index (χ3v) is 4.16. The van der Waals surface area contributed by atoms with Crippen molar-refractivity contribution in [3.05, 3.63) is 48.7 Å². The summed E-state index contributed by atoms with van der Waals surface area (Å²) in [6.07, 6.45) is 1.84. The molecule has 0 aliphatic carbocycles. The Morgan fingerprint density at radius 3 is 2.28 bits per heavy atom. The van der Waals surface area contributed by atoms with Gasteiger partial charge in [0, 0.05) is 49.8 Å². The number of urea groups is 1. The van der Waals surface area contributed by atoms with Crippen molar-refractivity contribution in [3.8, 4) is 0 Å². The highest BCUT2D eigenvalue weighted by molar-refractivity contribution is 5.89. The van der Waals surface area contributed by atoms with Crippen LogP contribution in [0.15, 0.2) is 48.7 Å². The molecule has 1 aliphatic rings. The Kier molecular flexibility index (Phi) is 5.38. The summed E-state index contributed by atoms with van der Waals surface area (Å²) in [4.78, 5) is 20.8. The maximum absolute atomic E-state index is 11.7. The third-order valence-electron chi connectivity index (χ3n) is 4.16. The van der Waals surface area contributed by atoms with Crippen molar-refractivity contribution < 1.29 is 4.79 Å². The number of anilines is 3. The van der Waals surface area contributed by atoms with Crippen molar-refractivity contribution in [2.45, 2.75) is 19.9 Å². The molecular weight excluding hydrogens is 314 g/mol. The Hall–Kier alpha value is -2.76. The summed E-state index contributed by atoms with van der Waals surface area (Å²) in [6.45, 7) is 7.69. The first kappa shape index (κ1) is 17.1. The molecule has 2 N–H and O–H groups in total. The predicted octanol–water partition coefficient (Wildman–Crippen LogP) is 2.94. The van der Waals surface area contributed by atoms with E-state index >= 15 is 0 Å².